The van der Waals surface area contributed by atoms with Crippen LogP contribution < -0.4 is 10.1 Å². The smallest absolute Gasteiger partial charge is 0.119 e. The summed E-state index contributed by atoms with van der Waals surface area (Å²) in [6.45, 7) is 11.4. The summed E-state index contributed by atoms with van der Waals surface area (Å²) in [5, 5.41) is 13.1. The molecule has 0 fully saturated rings. The lowest BCUT2D eigenvalue weighted by molar-refractivity contribution is 0.100. The van der Waals surface area contributed by atoms with Gasteiger partial charge >= 0.3 is 0 Å². The van der Waals surface area contributed by atoms with Crippen molar-refractivity contribution in [1.29, 1.82) is 0 Å². The lowest BCUT2D eigenvalue weighted by atomic mass is 10.0. The normalized spacial score (nSPS) is 13.6. The van der Waals surface area contributed by atoms with Crippen LogP contribution in [0.1, 0.15) is 46.1 Å². The maximum atomic E-state index is 9.83. The molecule has 1 aromatic carbocycles. The quantitative estimate of drug-likeness (QED) is 0.831. The summed E-state index contributed by atoms with van der Waals surface area (Å²) in [4.78, 5) is 0. The van der Waals surface area contributed by atoms with Crippen LogP contribution in [0.4, 0.5) is 0 Å². The predicted molar refractivity (Wildman–Crippen MR) is 79.8 cm³/mol. The molecule has 19 heavy (non-hydrogen) atoms. The molecular weight excluding hydrogens is 238 g/mol. The molecule has 0 aliphatic rings. The van der Waals surface area contributed by atoms with E-state index < -0.39 is 6.10 Å². The Bertz CT molecular complexity index is 365. The number of aliphatic hydroxyl groups is 1. The van der Waals surface area contributed by atoms with Gasteiger partial charge in [0.2, 0.25) is 0 Å². The number of aliphatic hydroxyl groups excluding tert-OH is 1. The third-order valence-electron chi connectivity index (χ3n) is 2.86. The number of ether oxygens (including phenoxy) is 1. The molecular formula is C16H27NO2. The molecule has 3 nitrogen and oxygen atoms in total. The minimum atomic E-state index is -0.496. The summed E-state index contributed by atoms with van der Waals surface area (Å²) in [5.74, 6) is 1.33. The van der Waals surface area contributed by atoms with Gasteiger partial charge in [-0.05, 0) is 44.4 Å². The van der Waals surface area contributed by atoms with Crippen LogP contribution in [-0.4, -0.2) is 29.9 Å². The van der Waals surface area contributed by atoms with Gasteiger partial charge in [0.25, 0.3) is 0 Å². The number of nitrogens with one attached hydrogen (secondary N) is 1. The van der Waals surface area contributed by atoms with E-state index >= 15 is 0 Å². The fourth-order valence-corrected chi connectivity index (χ4v) is 1.62. The van der Waals surface area contributed by atoms with E-state index in [2.05, 4.69) is 52.1 Å². The molecule has 3 heteroatoms. The summed E-state index contributed by atoms with van der Waals surface area (Å²) >= 11 is 0. The summed E-state index contributed by atoms with van der Waals surface area (Å²) in [6.07, 6.45) is -0.496. The topological polar surface area (TPSA) is 41.5 Å². The number of rotatable bonds is 6. The monoisotopic (exact) mass is 265 g/mol. The van der Waals surface area contributed by atoms with Gasteiger partial charge in [-0.3, -0.25) is 0 Å². The van der Waals surface area contributed by atoms with E-state index in [1.165, 1.54) is 5.56 Å². The van der Waals surface area contributed by atoms with Crippen LogP contribution in [0.25, 0.3) is 0 Å². The van der Waals surface area contributed by atoms with E-state index in [0.29, 0.717) is 19.1 Å². The first-order chi connectivity index (χ1) is 8.78. The molecule has 0 radical (unpaired) electrons. The largest absolute Gasteiger partial charge is 0.491 e. The molecule has 0 spiro atoms. The van der Waals surface area contributed by atoms with Gasteiger partial charge < -0.3 is 15.2 Å². The molecule has 0 saturated heterocycles. The van der Waals surface area contributed by atoms with E-state index in [1.54, 1.807) is 0 Å². The van der Waals surface area contributed by atoms with Crippen LogP contribution in [0.15, 0.2) is 24.3 Å². The molecule has 2 N–H and O–H groups in total. The Kier molecular flexibility index (Phi) is 5.83. The molecule has 0 aliphatic heterocycles. The zero-order chi connectivity index (χ0) is 14.5. The van der Waals surface area contributed by atoms with Gasteiger partial charge in [0.1, 0.15) is 18.5 Å². The Morgan fingerprint density at radius 3 is 2.21 bits per heavy atom. The lowest BCUT2D eigenvalue weighted by Gasteiger charge is -2.23. The highest BCUT2D eigenvalue weighted by Crippen LogP contribution is 2.18. The van der Waals surface area contributed by atoms with Crippen molar-refractivity contribution >= 4 is 0 Å². The average Bonchev–Trinajstić information content (AvgIpc) is 2.33. The van der Waals surface area contributed by atoms with Crippen molar-refractivity contribution in [3.05, 3.63) is 29.8 Å². The Hall–Kier alpha value is -1.06. The third kappa shape index (κ3) is 6.60. The fraction of sp³-hybridized carbons (Fsp3) is 0.625. The predicted octanol–water partition coefficient (Wildman–Crippen LogP) is 2.94. The van der Waals surface area contributed by atoms with Gasteiger partial charge in [-0.25, -0.2) is 0 Å². The second-order valence-electron chi connectivity index (χ2n) is 6.32. The van der Waals surface area contributed by atoms with Gasteiger partial charge in [0, 0.05) is 12.1 Å². The van der Waals surface area contributed by atoms with Crippen LogP contribution in [0.5, 0.6) is 5.75 Å². The Morgan fingerprint density at radius 2 is 1.74 bits per heavy atom. The van der Waals surface area contributed by atoms with Crippen molar-refractivity contribution in [1.82, 2.24) is 5.32 Å². The van der Waals surface area contributed by atoms with Gasteiger partial charge in [0.15, 0.2) is 0 Å². The maximum absolute atomic E-state index is 9.83. The SMILES string of the molecule is CC(C)c1ccc(OC[C@@H](O)CNC(C)(C)C)cc1. The van der Waals surface area contributed by atoms with Crippen molar-refractivity contribution in [2.24, 2.45) is 0 Å². The zero-order valence-electron chi connectivity index (χ0n) is 12.7. The van der Waals surface area contributed by atoms with Crippen molar-refractivity contribution in [2.75, 3.05) is 13.2 Å². The van der Waals surface area contributed by atoms with E-state index in [4.69, 9.17) is 4.74 Å². The minimum Gasteiger partial charge on any atom is -0.491 e. The van der Waals surface area contributed by atoms with Gasteiger partial charge in [0.05, 0.1) is 0 Å². The number of benzene rings is 1. The summed E-state index contributed by atoms with van der Waals surface area (Å²) in [5.41, 5.74) is 1.31. The average molecular weight is 265 g/mol. The zero-order valence-corrected chi connectivity index (χ0v) is 12.7. The molecule has 0 saturated carbocycles. The van der Waals surface area contributed by atoms with Crippen LogP contribution in [-0.2, 0) is 0 Å². The first-order valence-corrected chi connectivity index (χ1v) is 6.94. The lowest BCUT2D eigenvalue weighted by Crippen LogP contribution is -2.42. The minimum absolute atomic E-state index is 0.0138. The van der Waals surface area contributed by atoms with Crippen LogP contribution in [0, 0.1) is 0 Å². The summed E-state index contributed by atoms with van der Waals surface area (Å²) in [6, 6.07) is 8.05. The molecule has 0 heterocycles. The standard InChI is InChI=1S/C16H27NO2/c1-12(2)13-6-8-15(9-7-13)19-11-14(18)10-17-16(3,4)5/h6-9,12,14,17-18H,10-11H2,1-5H3/t14-/m0/s1. The molecule has 0 amide bonds. The number of β-amino-alcohol motifs (C(OH)–C–C–N with tert-alkyl or cyclic N) is 1. The molecule has 0 aliphatic carbocycles. The second kappa shape index (κ2) is 6.92. The van der Waals surface area contributed by atoms with E-state index in [0.717, 1.165) is 5.75 Å². The molecule has 0 unspecified atom stereocenters. The highest BCUT2D eigenvalue weighted by Gasteiger charge is 2.12. The summed E-state index contributed by atoms with van der Waals surface area (Å²) in [7, 11) is 0. The molecule has 0 aromatic heterocycles. The van der Waals surface area contributed by atoms with E-state index in [1.807, 2.05) is 12.1 Å². The van der Waals surface area contributed by atoms with E-state index in [-0.39, 0.29) is 5.54 Å². The van der Waals surface area contributed by atoms with Crippen molar-refractivity contribution in [2.45, 2.75) is 52.2 Å². The second-order valence-corrected chi connectivity index (χ2v) is 6.32. The van der Waals surface area contributed by atoms with Crippen LogP contribution >= 0.6 is 0 Å². The molecule has 1 rings (SSSR count). The number of hydrogen-bond acceptors (Lipinski definition) is 3. The number of hydrogen-bond donors (Lipinski definition) is 2. The Labute approximate surface area is 117 Å². The Morgan fingerprint density at radius 1 is 1.16 bits per heavy atom. The van der Waals surface area contributed by atoms with E-state index in [9.17, 15) is 5.11 Å². The fourth-order valence-electron chi connectivity index (χ4n) is 1.62. The molecule has 1 aromatic rings. The first kappa shape index (κ1) is 16.0. The van der Waals surface area contributed by atoms with Crippen molar-refractivity contribution in [3.63, 3.8) is 0 Å². The molecule has 0 bridgehead atoms. The van der Waals surface area contributed by atoms with Crippen molar-refractivity contribution < 1.29 is 9.84 Å². The van der Waals surface area contributed by atoms with Gasteiger partial charge in [-0.15, -0.1) is 0 Å². The molecule has 1 atom stereocenters. The third-order valence-corrected chi connectivity index (χ3v) is 2.86. The van der Waals surface area contributed by atoms with Gasteiger partial charge in [-0.2, -0.15) is 0 Å². The first-order valence-electron chi connectivity index (χ1n) is 6.94. The van der Waals surface area contributed by atoms with Gasteiger partial charge in [-0.1, -0.05) is 26.0 Å². The van der Waals surface area contributed by atoms with Crippen molar-refractivity contribution in [3.8, 4) is 5.75 Å². The Balaban J connectivity index is 2.35. The highest BCUT2D eigenvalue weighted by molar-refractivity contribution is 5.28. The van der Waals surface area contributed by atoms with Crippen LogP contribution in [0.2, 0.25) is 0 Å². The highest BCUT2D eigenvalue weighted by atomic mass is 16.5. The molecule has 108 valence electrons. The van der Waals surface area contributed by atoms with Crippen LogP contribution in [0.3, 0.4) is 0 Å². The maximum Gasteiger partial charge on any atom is 0.119 e. The summed E-state index contributed by atoms with van der Waals surface area (Å²) < 4.78 is 5.58.